The summed E-state index contributed by atoms with van der Waals surface area (Å²) in [5.74, 6) is 0. The number of likely N-dealkylation sites (N-methyl/N-ethyl adjacent to an activating group) is 1. The van der Waals surface area contributed by atoms with Gasteiger partial charge < -0.3 is 27.8 Å². The second-order valence-electron chi connectivity index (χ2n) is 3.55. The molecule has 0 heterocycles. The van der Waals surface area contributed by atoms with Gasteiger partial charge in [0.15, 0.2) is 0 Å². The van der Waals surface area contributed by atoms with E-state index in [1.165, 1.54) is 0 Å². The van der Waals surface area contributed by atoms with Crippen molar-refractivity contribution in [3.05, 3.63) is 0 Å². The predicted molar refractivity (Wildman–Crippen MR) is 50.9 cm³/mol. The summed E-state index contributed by atoms with van der Waals surface area (Å²) >= 11 is 0. The quantitative estimate of drug-likeness (QED) is 0.234. The van der Waals surface area contributed by atoms with Gasteiger partial charge in [0.2, 0.25) is 0 Å². The van der Waals surface area contributed by atoms with Gasteiger partial charge in [-0.25, -0.2) is 0 Å². The molecule has 0 bridgehead atoms. The fourth-order valence-corrected chi connectivity index (χ4v) is 0.300. The van der Waals surface area contributed by atoms with Crippen molar-refractivity contribution < 1.29 is 61.7 Å². The molecule has 0 aromatic carbocycles. The van der Waals surface area contributed by atoms with Crippen molar-refractivity contribution in [3.63, 3.8) is 0 Å². The summed E-state index contributed by atoms with van der Waals surface area (Å²) in [5, 5.41) is 8.39. The third-order valence-electron chi connectivity index (χ3n) is 0.771. The van der Waals surface area contributed by atoms with E-state index in [0.717, 1.165) is 11.0 Å². The van der Waals surface area contributed by atoms with Crippen LogP contribution in [0.2, 0.25) is 0 Å². The van der Waals surface area contributed by atoms with Crippen molar-refractivity contribution in [1.29, 1.82) is 0 Å². The van der Waals surface area contributed by atoms with Gasteiger partial charge in [0, 0.05) is 20.8 Å². The van der Waals surface area contributed by atoms with Crippen LogP contribution in [0.5, 0.6) is 0 Å². The molecule has 0 fully saturated rings. The van der Waals surface area contributed by atoms with E-state index in [0.29, 0.717) is 0 Å². The average Bonchev–Trinajstić information content (AvgIpc) is 1.73. The molecular formula is C5H14FeNO9S2. The molecule has 0 unspecified atom stereocenters. The molecule has 10 nitrogen and oxygen atoms in total. The van der Waals surface area contributed by atoms with Crippen LogP contribution in [0.4, 0.5) is 0 Å². The van der Waals surface area contributed by atoms with E-state index in [-0.39, 0.29) is 23.7 Å². The number of hydrogen-bond acceptors (Lipinski definition) is 9. The Bertz CT molecular complexity index is 324. The summed E-state index contributed by atoms with van der Waals surface area (Å²) in [4.78, 5) is 0. The molecule has 18 heavy (non-hydrogen) atoms. The summed E-state index contributed by atoms with van der Waals surface area (Å²) in [7, 11) is -4.18. The first-order valence-electron chi connectivity index (χ1n) is 3.81. The molecule has 0 spiro atoms. The minimum Gasteiger partial charge on any atom is -0.759 e. The molecule has 0 rings (SSSR count). The Hall–Kier alpha value is 0.179. The fraction of sp³-hybridized carbons (Fsp3) is 1.00. The van der Waals surface area contributed by atoms with Gasteiger partial charge in [0.25, 0.3) is 0 Å². The molecule has 0 aliphatic heterocycles. The summed E-state index contributed by atoms with van der Waals surface area (Å²) in [6.07, 6.45) is 0. The van der Waals surface area contributed by atoms with Gasteiger partial charge in [-0.05, 0) is 0 Å². The molecule has 0 amide bonds. The van der Waals surface area contributed by atoms with Gasteiger partial charge in [-0.15, -0.1) is 0 Å². The minimum atomic E-state index is -5.17. The van der Waals surface area contributed by atoms with Gasteiger partial charge in [0.05, 0.1) is 27.7 Å². The monoisotopic (exact) mass is 352 g/mol. The first-order valence-corrected chi connectivity index (χ1v) is 6.47. The van der Waals surface area contributed by atoms with Crippen molar-refractivity contribution in [1.82, 2.24) is 0 Å². The van der Waals surface area contributed by atoms with Crippen molar-refractivity contribution in [3.8, 4) is 0 Å². The first-order chi connectivity index (χ1) is 7.06. The molecule has 0 saturated heterocycles. The maximum absolute atomic E-state index is 8.52. The van der Waals surface area contributed by atoms with Crippen molar-refractivity contribution in [2.24, 2.45) is 0 Å². The molecule has 0 atom stereocenters. The fourth-order valence-electron chi connectivity index (χ4n) is 0.300. The Kier molecular flexibility index (Phi) is 16.4. The second-order valence-corrected chi connectivity index (χ2v) is 5.19. The molecule has 1 radical (unpaired) electrons. The van der Waals surface area contributed by atoms with Crippen LogP contribution in [0, 0.1) is 0 Å². The molecule has 1 N–H and O–H groups in total. The Morgan fingerprint density at radius 2 is 1.06 bits per heavy atom. The number of aliphatic hydroxyl groups is 1. The van der Waals surface area contributed by atoms with E-state index in [1.807, 2.05) is 0 Å². The smallest absolute Gasteiger partial charge is 0.759 e. The van der Waals surface area contributed by atoms with Crippen LogP contribution in [-0.4, -0.2) is 78.9 Å². The van der Waals surface area contributed by atoms with Crippen LogP contribution >= 0.6 is 0 Å². The van der Waals surface area contributed by atoms with Crippen molar-refractivity contribution in [2.45, 2.75) is 0 Å². The van der Waals surface area contributed by atoms with E-state index in [4.69, 9.17) is 40.2 Å². The van der Waals surface area contributed by atoms with Crippen LogP contribution in [0.15, 0.2) is 0 Å². The number of nitrogens with zero attached hydrogens (tertiary/aromatic N) is 1. The maximum Gasteiger partial charge on any atom is 3.00 e. The Labute approximate surface area is 117 Å². The van der Waals surface area contributed by atoms with Gasteiger partial charge in [-0.1, -0.05) is 0 Å². The van der Waals surface area contributed by atoms with Crippen molar-refractivity contribution >= 4 is 20.8 Å². The average molecular weight is 352 g/mol. The zero-order chi connectivity index (χ0) is 14.9. The van der Waals surface area contributed by atoms with Crippen LogP contribution in [0.1, 0.15) is 0 Å². The zero-order valence-electron chi connectivity index (χ0n) is 9.74. The Morgan fingerprint density at radius 1 is 0.889 bits per heavy atom. The summed E-state index contributed by atoms with van der Waals surface area (Å²) in [5.41, 5.74) is 0. The van der Waals surface area contributed by atoms with E-state index >= 15 is 0 Å². The minimum absolute atomic E-state index is 0. The summed E-state index contributed by atoms with van der Waals surface area (Å²) < 4.78 is 69.0. The normalized spacial score (nSPS) is 11.1. The van der Waals surface area contributed by atoms with Crippen LogP contribution in [0.25, 0.3) is 0 Å². The summed E-state index contributed by atoms with van der Waals surface area (Å²) in [6.45, 7) is 1.11. The molecule has 13 heteroatoms. The predicted octanol–water partition coefficient (Wildman–Crippen LogP) is -2.99. The molecule has 0 saturated carbocycles. The Morgan fingerprint density at radius 3 is 1.06 bits per heavy atom. The van der Waals surface area contributed by atoms with Crippen LogP contribution in [-0.2, 0) is 37.9 Å². The van der Waals surface area contributed by atoms with E-state index < -0.39 is 20.8 Å². The van der Waals surface area contributed by atoms with Gasteiger partial charge in [-0.3, -0.25) is 16.8 Å². The van der Waals surface area contributed by atoms with Crippen molar-refractivity contribution in [2.75, 3.05) is 34.3 Å². The molecule has 113 valence electrons. The van der Waals surface area contributed by atoms with E-state index in [2.05, 4.69) is 21.1 Å². The zero-order valence-corrected chi connectivity index (χ0v) is 12.5. The maximum atomic E-state index is 8.52. The summed E-state index contributed by atoms with van der Waals surface area (Å²) in [6, 6.07) is 0. The number of quaternary nitrogens is 1. The third-order valence-corrected chi connectivity index (χ3v) is 0.771. The number of aliphatic hydroxyl groups excluding tert-OH is 1. The standard InChI is InChI=1S/C5H14NO.Fe.2H2O4S/c1-6(2,3)4-5-7;;2*1-5(2,3)4/h7H,4-5H2,1-3H3;;2*(H2,1,2,3,4)/q+1;+3;;/p-4. The second kappa shape index (κ2) is 11.0. The first kappa shape index (κ1) is 26.7. The van der Waals surface area contributed by atoms with Crippen LogP contribution < -0.4 is 0 Å². The SMILES string of the molecule is C[N+](C)(C)CCO.O=S(=O)([O-])[O-].O=S(=O)([O-])[O-].[Fe+3]. The third kappa shape index (κ3) is 213. The largest absolute Gasteiger partial charge is 3.00 e. The van der Waals surface area contributed by atoms with Gasteiger partial charge in [0.1, 0.15) is 6.54 Å². The van der Waals surface area contributed by atoms with Gasteiger partial charge >= 0.3 is 17.1 Å². The van der Waals surface area contributed by atoms with Gasteiger partial charge in [-0.2, -0.15) is 0 Å². The molecule has 0 aromatic heterocycles. The Balaban J connectivity index is -0.0000000813. The number of hydrogen-bond donors (Lipinski definition) is 1. The molecule has 0 aliphatic carbocycles. The molecular weight excluding hydrogens is 338 g/mol. The molecule has 0 aromatic rings. The van der Waals surface area contributed by atoms with E-state index in [1.54, 1.807) is 0 Å². The van der Waals surface area contributed by atoms with E-state index in [9.17, 15) is 0 Å². The number of rotatable bonds is 2. The topological polar surface area (TPSA) is 181 Å². The van der Waals surface area contributed by atoms with Crippen LogP contribution in [0.3, 0.4) is 0 Å². The molecule has 0 aliphatic rings.